The highest BCUT2D eigenvalue weighted by atomic mass is 79.9. The molecule has 1 aromatic carbocycles. The molecule has 1 fully saturated rings. The molecule has 5 unspecified atom stereocenters. The molecule has 5 nitrogen and oxygen atoms in total. The van der Waals surface area contributed by atoms with Crippen molar-refractivity contribution in [2.24, 2.45) is 0 Å². The van der Waals surface area contributed by atoms with Crippen molar-refractivity contribution in [2.75, 3.05) is 6.61 Å². The second-order valence-corrected chi connectivity index (χ2v) is 7.67. The largest absolute Gasteiger partial charge is 0.461 e. The molecule has 1 aromatic heterocycles. The highest BCUT2D eigenvalue weighted by molar-refractivity contribution is 9.08. The molecule has 1 aliphatic heterocycles. The van der Waals surface area contributed by atoms with Crippen molar-refractivity contribution in [3.63, 3.8) is 0 Å². The van der Waals surface area contributed by atoms with Crippen molar-refractivity contribution in [1.29, 1.82) is 0 Å². The average molecular weight is 447 g/mol. The van der Waals surface area contributed by atoms with E-state index in [0.717, 1.165) is 15.8 Å². The second kappa shape index (κ2) is 8.77. The van der Waals surface area contributed by atoms with Crippen LogP contribution in [0.1, 0.15) is 16.0 Å². The van der Waals surface area contributed by atoms with E-state index in [0.29, 0.717) is 12.2 Å². The van der Waals surface area contributed by atoms with Gasteiger partial charge < -0.3 is 24.8 Å². The molecule has 3 N–H and O–H groups in total. The van der Waals surface area contributed by atoms with E-state index in [9.17, 15) is 19.7 Å². The summed E-state index contributed by atoms with van der Waals surface area (Å²) in [5.41, 5.74) is 2.28. The third-order valence-electron chi connectivity index (χ3n) is 4.29. The molecule has 2 aromatic rings. The first kappa shape index (κ1) is 19.7. The first-order valence-electron chi connectivity index (χ1n) is 8.16. The first-order chi connectivity index (χ1) is 12.5. The average Bonchev–Trinajstić information content (AvgIpc) is 3.09. The van der Waals surface area contributed by atoms with E-state index in [-0.39, 0.29) is 0 Å². The molecule has 142 valence electrons. The maximum Gasteiger partial charge on any atom is 0.229 e. The Labute approximate surface area is 163 Å². The van der Waals surface area contributed by atoms with Crippen LogP contribution < -0.4 is 4.74 Å². The van der Waals surface area contributed by atoms with Gasteiger partial charge in [-0.05, 0) is 22.6 Å². The summed E-state index contributed by atoms with van der Waals surface area (Å²) >= 11 is 4.91. The molecule has 1 aliphatic rings. The first-order valence-corrected chi connectivity index (χ1v) is 10.2. The van der Waals surface area contributed by atoms with E-state index >= 15 is 0 Å². The van der Waals surface area contributed by atoms with Crippen molar-refractivity contribution in [1.82, 2.24) is 0 Å². The molecule has 1 saturated heterocycles. The van der Waals surface area contributed by atoms with Crippen molar-refractivity contribution in [2.45, 2.75) is 42.5 Å². The molecular formula is C18H20BrFO5S. The van der Waals surface area contributed by atoms with Gasteiger partial charge in [0.2, 0.25) is 6.29 Å². The zero-order chi connectivity index (χ0) is 18.7. The van der Waals surface area contributed by atoms with Gasteiger partial charge in [-0.2, -0.15) is 0 Å². The lowest BCUT2D eigenvalue weighted by Gasteiger charge is -2.38. The van der Waals surface area contributed by atoms with Gasteiger partial charge in [-0.25, -0.2) is 4.39 Å². The summed E-state index contributed by atoms with van der Waals surface area (Å²) < 4.78 is 24.8. The van der Waals surface area contributed by atoms with Gasteiger partial charge in [0.1, 0.15) is 24.1 Å². The third-order valence-corrected chi connectivity index (χ3v) is 5.84. The number of ether oxygens (including phenoxy) is 2. The van der Waals surface area contributed by atoms with E-state index < -0.39 is 37.4 Å². The van der Waals surface area contributed by atoms with Crippen molar-refractivity contribution in [3.8, 4) is 5.75 Å². The number of rotatable bonds is 6. The van der Waals surface area contributed by atoms with E-state index in [1.165, 1.54) is 16.9 Å². The van der Waals surface area contributed by atoms with Gasteiger partial charge >= 0.3 is 0 Å². The van der Waals surface area contributed by atoms with Crippen LogP contribution in [-0.4, -0.2) is 52.7 Å². The number of hydrogen-bond donors (Lipinski definition) is 3. The Kier molecular flexibility index (Phi) is 6.65. The molecule has 0 amide bonds. The van der Waals surface area contributed by atoms with Crippen LogP contribution in [0.2, 0.25) is 0 Å². The maximum atomic E-state index is 13.8. The smallest absolute Gasteiger partial charge is 0.229 e. The fraction of sp³-hybridized carbons (Fsp3) is 0.444. The van der Waals surface area contributed by atoms with Gasteiger partial charge in [0.15, 0.2) is 6.17 Å². The van der Waals surface area contributed by atoms with Crippen LogP contribution in [0.25, 0.3) is 0 Å². The predicted molar refractivity (Wildman–Crippen MR) is 99.5 cm³/mol. The lowest BCUT2D eigenvalue weighted by atomic mass is 10.0. The summed E-state index contributed by atoms with van der Waals surface area (Å²) in [6.45, 7) is -0.610. The molecule has 0 spiro atoms. The van der Waals surface area contributed by atoms with Gasteiger partial charge in [-0.15, -0.1) is 11.3 Å². The summed E-state index contributed by atoms with van der Waals surface area (Å²) in [6.07, 6.45) is -6.94. The van der Waals surface area contributed by atoms with Crippen LogP contribution in [0.5, 0.6) is 5.75 Å². The van der Waals surface area contributed by atoms with E-state index in [2.05, 4.69) is 15.9 Å². The van der Waals surface area contributed by atoms with Crippen LogP contribution in [0.15, 0.2) is 35.7 Å². The molecule has 0 aliphatic carbocycles. The Balaban J connectivity index is 1.71. The minimum atomic E-state index is -1.87. The third kappa shape index (κ3) is 4.27. The Morgan fingerprint density at radius 3 is 2.46 bits per heavy atom. The molecule has 5 atom stereocenters. The molecular weight excluding hydrogens is 427 g/mol. The summed E-state index contributed by atoms with van der Waals surface area (Å²) in [6, 6.07) is 9.88. The maximum absolute atomic E-state index is 13.8. The zero-order valence-electron chi connectivity index (χ0n) is 13.8. The van der Waals surface area contributed by atoms with Crippen LogP contribution in [-0.2, 0) is 16.5 Å². The molecule has 26 heavy (non-hydrogen) atoms. The minimum Gasteiger partial charge on any atom is -0.461 e. The lowest BCUT2D eigenvalue weighted by Crippen LogP contribution is -2.58. The molecule has 0 saturated carbocycles. The number of aliphatic hydroxyl groups is 3. The van der Waals surface area contributed by atoms with Gasteiger partial charge in [0.25, 0.3) is 0 Å². The fourth-order valence-corrected chi connectivity index (χ4v) is 3.97. The zero-order valence-corrected chi connectivity index (χ0v) is 16.2. The van der Waals surface area contributed by atoms with Gasteiger partial charge in [0, 0.05) is 11.8 Å². The van der Waals surface area contributed by atoms with E-state index in [4.69, 9.17) is 9.47 Å². The Hall–Kier alpha value is -1.03. The number of thiophene rings is 1. The van der Waals surface area contributed by atoms with Crippen LogP contribution in [0.3, 0.4) is 0 Å². The summed E-state index contributed by atoms with van der Waals surface area (Å²) in [7, 11) is 0. The SMILES string of the molecule is OCC1OC(Oc2ccsc2Cc2ccc(CBr)cc2)C(O)C(O)C1F. The Bertz CT molecular complexity index is 708. The monoisotopic (exact) mass is 446 g/mol. The normalized spacial score (nSPS) is 28.9. The van der Waals surface area contributed by atoms with E-state index in [1.807, 2.05) is 29.6 Å². The van der Waals surface area contributed by atoms with Crippen molar-refractivity contribution < 1.29 is 29.2 Å². The summed E-state index contributed by atoms with van der Waals surface area (Å²) in [4.78, 5) is 0.921. The molecule has 0 bridgehead atoms. The number of alkyl halides is 2. The lowest BCUT2D eigenvalue weighted by molar-refractivity contribution is -0.265. The number of halogens is 2. The quantitative estimate of drug-likeness (QED) is 0.593. The van der Waals surface area contributed by atoms with Gasteiger partial charge in [-0.1, -0.05) is 40.2 Å². The minimum absolute atomic E-state index is 0.504. The Morgan fingerprint density at radius 2 is 1.81 bits per heavy atom. The van der Waals surface area contributed by atoms with Gasteiger partial charge in [-0.3, -0.25) is 0 Å². The molecule has 8 heteroatoms. The van der Waals surface area contributed by atoms with Gasteiger partial charge in [0.05, 0.1) is 11.5 Å². The molecule has 2 heterocycles. The summed E-state index contributed by atoms with van der Waals surface area (Å²) in [5.74, 6) is 0.504. The summed E-state index contributed by atoms with van der Waals surface area (Å²) in [5, 5.41) is 31.7. The topological polar surface area (TPSA) is 79.2 Å². The highest BCUT2D eigenvalue weighted by Gasteiger charge is 2.46. The number of hydrogen-bond acceptors (Lipinski definition) is 6. The highest BCUT2D eigenvalue weighted by Crippen LogP contribution is 2.32. The standard InChI is InChI=1S/C18H20BrFO5S/c19-8-11-3-1-10(2-4-11)7-14-12(5-6-26-14)24-18-17(23)16(22)15(20)13(9-21)25-18/h1-6,13,15-18,21-23H,7-9H2. The molecule has 0 radical (unpaired) electrons. The molecule has 3 rings (SSSR count). The fourth-order valence-electron chi connectivity index (χ4n) is 2.76. The van der Waals surface area contributed by atoms with Crippen LogP contribution >= 0.6 is 27.3 Å². The number of aliphatic hydroxyl groups excluding tert-OH is 3. The van der Waals surface area contributed by atoms with Crippen molar-refractivity contribution >= 4 is 27.3 Å². The van der Waals surface area contributed by atoms with Crippen LogP contribution in [0.4, 0.5) is 4.39 Å². The van der Waals surface area contributed by atoms with E-state index in [1.54, 1.807) is 6.07 Å². The second-order valence-electron chi connectivity index (χ2n) is 6.10. The van der Waals surface area contributed by atoms with Crippen LogP contribution in [0, 0.1) is 0 Å². The number of benzene rings is 1. The van der Waals surface area contributed by atoms with Crippen molar-refractivity contribution in [3.05, 3.63) is 51.7 Å². The Morgan fingerprint density at radius 1 is 1.12 bits per heavy atom. The predicted octanol–water partition coefficient (Wildman–Crippen LogP) is 2.39.